The van der Waals surface area contributed by atoms with Crippen LogP contribution in [0.15, 0.2) is 12.2 Å². The Labute approximate surface area is 99.0 Å². The predicted molar refractivity (Wildman–Crippen MR) is 55.6 cm³/mol. The van der Waals surface area contributed by atoms with E-state index in [1.807, 2.05) is 19.9 Å². The van der Waals surface area contributed by atoms with E-state index in [2.05, 4.69) is 0 Å². The van der Waals surface area contributed by atoms with Crippen LogP contribution in [-0.2, 0) is 14.3 Å². The van der Waals surface area contributed by atoms with E-state index >= 15 is 0 Å². The SMILES string of the molecule is CC(C)N1C[C@@]23C=C[C@H](O2)[C@H](C(=O)[O-])[C@@H]3C1=O. The molecule has 0 unspecified atom stereocenters. The molecule has 0 radical (unpaired) electrons. The second kappa shape index (κ2) is 3.10. The van der Waals surface area contributed by atoms with Crippen molar-refractivity contribution in [3.63, 3.8) is 0 Å². The van der Waals surface area contributed by atoms with Crippen molar-refractivity contribution in [2.75, 3.05) is 6.54 Å². The van der Waals surface area contributed by atoms with Crippen LogP contribution in [0.4, 0.5) is 0 Å². The van der Waals surface area contributed by atoms with Crippen molar-refractivity contribution in [1.29, 1.82) is 0 Å². The lowest BCUT2D eigenvalue weighted by atomic mass is 9.77. The minimum Gasteiger partial charge on any atom is -0.550 e. The van der Waals surface area contributed by atoms with Crippen LogP contribution in [0.1, 0.15) is 13.8 Å². The van der Waals surface area contributed by atoms with Gasteiger partial charge in [0.25, 0.3) is 0 Å². The molecule has 2 fully saturated rings. The number of carbonyl (C=O) groups excluding carboxylic acids is 2. The molecule has 0 aromatic heterocycles. The fraction of sp³-hybridized carbons (Fsp3) is 0.667. The summed E-state index contributed by atoms with van der Waals surface area (Å²) in [5.41, 5.74) is -0.725. The molecule has 2 saturated heterocycles. The highest BCUT2D eigenvalue weighted by atomic mass is 16.5. The molecule has 0 N–H and O–H groups in total. The predicted octanol–water partition coefficient (Wildman–Crippen LogP) is -1.07. The summed E-state index contributed by atoms with van der Waals surface area (Å²) in [5.74, 6) is -2.76. The van der Waals surface area contributed by atoms with Gasteiger partial charge >= 0.3 is 0 Å². The first-order valence-corrected chi connectivity index (χ1v) is 5.85. The van der Waals surface area contributed by atoms with Crippen molar-refractivity contribution in [1.82, 2.24) is 4.90 Å². The summed E-state index contributed by atoms with van der Waals surface area (Å²) in [6, 6.07) is 0.0564. The second-order valence-electron chi connectivity index (χ2n) is 5.28. The molecule has 0 aliphatic carbocycles. The number of carboxylic acids is 1. The Morgan fingerprint density at radius 1 is 1.65 bits per heavy atom. The number of carboxylic acid groups (broad SMARTS) is 1. The third-order valence-electron chi connectivity index (χ3n) is 4.03. The Bertz CT molecular complexity index is 430. The number of likely N-dealkylation sites (tertiary alicyclic amines) is 1. The molecular formula is C12H14NO4-. The van der Waals surface area contributed by atoms with Crippen molar-refractivity contribution in [3.8, 4) is 0 Å². The summed E-state index contributed by atoms with van der Waals surface area (Å²) in [6.45, 7) is 4.28. The number of aliphatic carboxylic acids is 1. The lowest BCUT2D eigenvalue weighted by molar-refractivity contribution is -0.313. The molecule has 5 nitrogen and oxygen atoms in total. The molecule has 17 heavy (non-hydrogen) atoms. The summed E-state index contributed by atoms with van der Waals surface area (Å²) in [4.78, 5) is 25.1. The lowest BCUT2D eigenvalue weighted by Crippen LogP contribution is -2.45. The Balaban J connectivity index is 2.01. The van der Waals surface area contributed by atoms with Crippen molar-refractivity contribution >= 4 is 11.9 Å². The standard InChI is InChI=1S/C12H15NO4/c1-6(2)13-5-12-4-3-7(17-12)8(11(15)16)9(12)10(13)14/h3-4,6-9H,5H2,1-2H3,(H,15,16)/p-1/t7-,8-,9+,12+/m0/s1. The third kappa shape index (κ3) is 1.17. The van der Waals surface area contributed by atoms with Crippen LogP contribution in [0, 0.1) is 11.8 Å². The average Bonchev–Trinajstić information content (AvgIpc) is 2.86. The van der Waals surface area contributed by atoms with E-state index in [0.717, 1.165) is 0 Å². The smallest absolute Gasteiger partial charge is 0.230 e. The van der Waals surface area contributed by atoms with Gasteiger partial charge in [-0.15, -0.1) is 0 Å². The van der Waals surface area contributed by atoms with E-state index < -0.39 is 29.5 Å². The number of carbonyl (C=O) groups is 2. The van der Waals surface area contributed by atoms with Gasteiger partial charge in [-0.25, -0.2) is 0 Å². The number of fused-ring (bicyclic) bond motifs is 1. The molecule has 3 heterocycles. The highest BCUT2D eigenvalue weighted by Gasteiger charge is 2.65. The quantitative estimate of drug-likeness (QED) is 0.572. The minimum atomic E-state index is -1.19. The minimum absolute atomic E-state index is 0.0564. The number of hydrogen-bond acceptors (Lipinski definition) is 4. The number of nitrogens with zero attached hydrogens (tertiary/aromatic N) is 1. The van der Waals surface area contributed by atoms with Crippen molar-refractivity contribution in [2.24, 2.45) is 11.8 Å². The van der Waals surface area contributed by atoms with E-state index in [9.17, 15) is 14.7 Å². The van der Waals surface area contributed by atoms with Crippen LogP contribution in [0.25, 0.3) is 0 Å². The van der Waals surface area contributed by atoms with E-state index in [0.29, 0.717) is 6.54 Å². The van der Waals surface area contributed by atoms with Crippen molar-refractivity contribution < 1.29 is 19.4 Å². The van der Waals surface area contributed by atoms with Gasteiger partial charge in [0.2, 0.25) is 5.91 Å². The number of rotatable bonds is 2. The zero-order chi connectivity index (χ0) is 12.4. The number of ether oxygens (including phenoxy) is 1. The van der Waals surface area contributed by atoms with Gasteiger partial charge in [0.1, 0.15) is 5.60 Å². The molecule has 5 heteroatoms. The van der Waals surface area contributed by atoms with E-state index in [4.69, 9.17) is 4.74 Å². The first-order valence-electron chi connectivity index (χ1n) is 5.85. The molecule has 92 valence electrons. The van der Waals surface area contributed by atoms with Gasteiger partial charge in [0, 0.05) is 17.9 Å². The van der Waals surface area contributed by atoms with Crippen LogP contribution in [-0.4, -0.2) is 41.1 Å². The second-order valence-corrected chi connectivity index (χ2v) is 5.28. The summed E-state index contributed by atoms with van der Waals surface area (Å²) < 4.78 is 5.71. The summed E-state index contributed by atoms with van der Waals surface area (Å²) in [5, 5.41) is 11.2. The van der Waals surface area contributed by atoms with Gasteiger partial charge in [-0.1, -0.05) is 12.2 Å². The molecule has 0 aromatic rings. The lowest BCUT2D eigenvalue weighted by Gasteiger charge is -2.25. The van der Waals surface area contributed by atoms with Gasteiger partial charge in [-0.3, -0.25) is 4.79 Å². The molecule has 1 spiro atoms. The van der Waals surface area contributed by atoms with Gasteiger partial charge in [0.15, 0.2) is 0 Å². The largest absolute Gasteiger partial charge is 0.550 e. The van der Waals surface area contributed by atoms with Crippen LogP contribution in [0.3, 0.4) is 0 Å². The Morgan fingerprint density at radius 3 is 2.94 bits per heavy atom. The molecule has 2 bridgehead atoms. The number of amides is 1. The summed E-state index contributed by atoms with van der Waals surface area (Å²) in [7, 11) is 0. The average molecular weight is 236 g/mol. The highest BCUT2D eigenvalue weighted by Crippen LogP contribution is 2.51. The van der Waals surface area contributed by atoms with Crippen LogP contribution in [0.2, 0.25) is 0 Å². The summed E-state index contributed by atoms with van der Waals surface area (Å²) >= 11 is 0. The van der Waals surface area contributed by atoms with Gasteiger partial charge in [-0.05, 0) is 13.8 Å². The van der Waals surface area contributed by atoms with Crippen LogP contribution < -0.4 is 5.11 Å². The zero-order valence-corrected chi connectivity index (χ0v) is 9.75. The maximum atomic E-state index is 12.2. The normalized spacial score (nSPS) is 42.6. The van der Waals surface area contributed by atoms with Gasteiger partial charge < -0.3 is 19.5 Å². The molecule has 1 amide bonds. The maximum Gasteiger partial charge on any atom is 0.230 e. The molecule has 3 rings (SSSR count). The Morgan fingerprint density at radius 2 is 2.35 bits per heavy atom. The first-order chi connectivity index (χ1) is 7.96. The topological polar surface area (TPSA) is 69.7 Å². The van der Waals surface area contributed by atoms with Crippen molar-refractivity contribution in [3.05, 3.63) is 12.2 Å². The fourth-order valence-electron chi connectivity index (χ4n) is 3.23. The monoisotopic (exact) mass is 236 g/mol. The molecular weight excluding hydrogens is 222 g/mol. The highest BCUT2D eigenvalue weighted by molar-refractivity contribution is 5.90. The zero-order valence-electron chi connectivity index (χ0n) is 9.75. The number of hydrogen-bond donors (Lipinski definition) is 0. The first kappa shape index (κ1) is 10.8. The van der Waals surface area contributed by atoms with Crippen LogP contribution in [0.5, 0.6) is 0 Å². The molecule has 0 aromatic carbocycles. The third-order valence-corrected chi connectivity index (χ3v) is 4.03. The Kier molecular flexibility index (Phi) is 1.96. The Hall–Kier alpha value is -1.36. The molecule has 3 aliphatic heterocycles. The molecule has 4 atom stereocenters. The van der Waals surface area contributed by atoms with Crippen LogP contribution >= 0.6 is 0 Å². The summed E-state index contributed by atoms with van der Waals surface area (Å²) in [6.07, 6.45) is 3.10. The maximum absolute atomic E-state index is 12.2. The van der Waals surface area contributed by atoms with E-state index in [-0.39, 0.29) is 11.9 Å². The van der Waals surface area contributed by atoms with Crippen molar-refractivity contribution in [2.45, 2.75) is 31.6 Å². The molecule has 0 saturated carbocycles. The van der Waals surface area contributed by atoms with Gasteiger partial charge in [0.05, 0.1) is 18.6 Å². The molecule has 3 aliphatic rings. The van der Waals surface area contributed by atoms with E-state index in [1.165, 1.54) is 0 Å². The van der Waals surface area contributed by atoms with Gasteiger partial charge in [-0.2, -0.15) is 0 Å². The fourth-order valence-corrected chi connectivity index (χ4v) is 3.23. The van der Waals surface area contributed by atoms with E-state index in [1.54, 1.807) is 11.0 Å².